The van der Waals surface area contributed by atoms with Crippen molar-refractivity contribution in [1.82, 2.24) is 19.9 Å². The molecule has 2 aliphatic heterocycles. The number of oxazole rings is 1. The maximum absolute atomic E-state index is 13.1. The zero-order valence-corrected chi connectivity index (χ0v) is 17.2. The molecular formula is C21H22ClN5O3. The zero-order chi connectivity index (χ0) is 20.5. The number of benzene rings is 1. The predicted molar refractivity (Wildman–Crippen MR) is 112 cm³/mol. The van der Waals surface area contributed by atoms with Gasteiger partial charge in [0.1, 0.15) is 5.52 Å². The van der Waals surface area contributed by atoms with E-state index in [-0.39, 0.29) is 22.5 Å². The molecule has 30 heavy (non-hydrogen) atoms. The molecule has 0 spiro atoms. The highest BCUT2D eigenvalue weighted by molar-refractivity contribution is 6.33. The molecule has 3 aromatic rings. The summed E-state index contributed by atoms with van der Waals surface area (Å²) in [6.07, 6.45) is 3.09. The van der Waals surface area contributed by atoms with E-state index in [2.05, 4.69) is 15.0 Å². The fraction of sp³-hybridized carbons (Fsp3) is 0.429. The molecule has 8 nitrogen and oxygen atoms in total. The van der Waals surface area contributed by atoms with Gasteiger partial charge in [-0.3, -0.25) is 4.79 Å². The van der Waals surface area contributed by atoms with Crippen LogP contribution < -0.4 is 4.90 Å². The lowest BCUT2D eigenvalue weighted by Crippen LogP contribution is -2.40. The number of amides is 1. The number of piperidine rings is 1. The van der Waals surface area contributed by atoms with Gasteiger partial charge in [0, 0.05) is 32.1 Å². The molecule has 2 fully saturated rings. The van der Waals surface area contributed by atoms with Crippen molar-refractivity contribution in [3.8, 4) is 0 Å². The quantitative estimate of drug-likeness (QED) is 0.634. The average molecular weight is 428 g/mol. The first kappa shape index (κ1) is 19.3. The van der Waals surface area contributed by atoms with Crippen LogP contribution >= 0.6 is 11.6 Å². The number of likely N-dealkylation sites (tertiary alicyclic amines) is 1. The Hall–Kier alpha value is -2.71. The van der Waals surface area contributed by atoms with Crippen LogP contribution in [0.15, 0.2) is 34.9 Å². The number of halogens is 1. The molecule has 0 unspecified atom stereocenters. The van der Waals surface area contributed by atoms with E-state index < -0.39 is 0 Å². The lowest BCUT2D eigenvalue weighted by molar-refractivity contribution is 0.0700. The van der Waals surface area contributed by atoms with Gasteiger partial charge in [0.2, 0.25) is 5.95 Å². The van der Waals surface area contributed by atoms with Crippen molar-refractivity contribution < 1.29 is 13.9 Å². The number of carbonyl (C=O) groups excluding carboxylic acids is 1. The topological polar surface area (TPSA) is 84.6 Å². The number of fused-ring (bicyclic) bond motifs is 1. The van der Waals surface area contributed by atoms with E-state index in [0.717, 1.165) is 29.8 Å². The molecule has 9 heteroatoms. The second-order valence-corrected chi connectivity index (χ2v) is 7.96. The van der Waals surface area contributed by atoms with Crippen molar-refractivity contribution in [3.05, 3.63) is 47.1 Å². The summed E-state index contributed by atoms with van der Waals surface area (Å²) in [7, 11) is 0. The van der Waals surface area contributed by atoms with Crippen molar-refractivity contribution in [2.45, 2.75) is 18.8 Å². The molecule has 5 rings (SSSR count). The number of hydrogen-bond donors (Lipinski definition) is 0. The van der Waals surface area contributed by atoms with Crippen LogP contribution in [0.4, 0.5) is 5.95 Å². The summed E-state index contributed by atoms with van der Waals surface area (Å²) in [6.45, 7) is 3.86. The standard InChI is InChI=1S/C21H22ClN5O3/c22-15-13-23-21(27-9-11-29-12-10-27)25-18(15)20(28)26-7-5-14(6-8-26)19-24-16-3-1-2-4-17(16)30-19/h1-4,13-14H,5-12H2. The maximum atomic E-state index is 13.1. The van der Waals surface area contributed by atoms with Gasteiger partial charge in [-0.15, -0.1) is 0 Å². The number of anilines is 1. The highest BCUT2D eigenvalue weighted by Gasteiger charge is 2.29. The molecule has 0 aliphatic carbocycles. The molecule has 0 radical (unpaired) electrons. The number of hydrogen-bond acceptors (Lipinski definition) is 7. The summed E-state index contributed by atoms with van der Waals surface area (Å²) in [4.78, 5) is 30.3. The first-order chi connectivity index (χ1) is 14.7. The van der Waals surface area contributed by atoms with Gasteiger partial charge in [0.25, 0.3) is 5.91 Å². The van der Waals surface area contributed by atoms with Crippen LogP contribution in [0.25, 0.3) is 11.1 Å². The van der Waals surface area contributed by atoms with Gasteiger partial charge in [0.15, 0.2) is 17.2 Å². The molecule has 0 N–H and O–H groups in total. The largest absolute Gasteiger partial charge is 0.440 e. The number of ether oxygens (including phenoxy) is 1. The van der Waals surface area contributed by atoms with Crippen molar-refractivity contribution in [2.24, 2.45) is 0 Å². The fourth-order valence-electron chi connectivity index (χ4n) is 3.97. The third-order valence-corrected chi connectivity index (χ3v) is 5.95. The lowest BCUT2D eigenvalue weighted by Gasteiger charge is -2.31. The van der Waals surface area contributed by atoms with E-state index in [4.69, 9.17) is 20.8 Å². The predicted octanol–water partition coefficient (Wildman–Crippen LogP) is 3.13. The van der Waals surface area contributed by atoms with E-state index in [1.807, 2.05) is 29.2 Å². The average Bonchev–Trinajstić information content (AvgIpc) is 3.24. The smallest absolute Gasteiger partial charge is 0.274 e. The summed E-state index contributed by atoms with van der Waals surface area (Å²) < 4.78 is 11.3. The van der Waals surface area contributed by atoms with Gasteiger partial charge in [-0.2, -0.15) is 0 Å². The third-order valence-electron chi connectivity index (χ3n) is 5.67. The number of morpholine rings is 1. The van der Waals surface area contributed by atoms with Crippen LogP contribution in [0, 0.1) is 0 Å². The normalized spacial score (nSPS) is 18.2. The SMILES string of the molecule is O=C(c1nc(N2CCOCC2)ncc1Cl)N1CCC(c2nc3ccccc3o2)CC1. The number of rotatable bonds is 3. The van der Waals surface area contributed by atoms with Crippen molar-refractivity contribution >= 4 is 34.6 Å². The molecule has 4 heterocycles. The van der Waals surface area contributed by atoms with Gasteiger partial charge >= 0.3 is 0 Å². The minimum atomic E-state index is -0.159. The Labute approximate surface area is 178 Å². The van der Waals surface area contributed by atoms with Crippen LogP contribution in [0.3, 0.4) is 0 Å². The Morgan fingerprint density at radius 2 is 1.83 bits per heavy atom. The maximum Gasteiger partial charge on any atom is 0.274 e. The molecule has 2 aromatic heterocycles. The van der Waals surface area contributed by atoms with Crippen LogP contribution in [0.5, 0.6) is 0 Å². The number of carbonyl (C=O) groups is 1. The van der Waals surface area contributed by atoms with Gasteiger partial charge in [-0.25, -0.2) is 15.0 Å². The second kappa shape index (κ2) is 8.20. The van der Waals surface area contributed by atoms with E-state index >= 15 is 0 Å². The van der Waals surface area contributed by atoms with Crippen LogP contribution in [0.2, 0.25) is 5.02 Å². The molecule has 1 aromatic carbocycles. The Kier molecular flexibility index (Phi) is 5.26. The van der Waals surface area contributed by atoms with Gasteiger partial charge < -0.3 is 19.0 Å². The Morgan fingerprint density at radius 1 is 1.07 bits per heavy atom. The second-order valence-electron chi connectivity index (χ2n) is 7.55. The number of aromatic nitrogens is 3. The lowest BCUT2D eigenvalue weighted by atomic mass is 9.96. The van der Waals surface area contributed by atoms with E-state index in [0.29, 0.717) is 45.3 Å². The van der Waals surface area contributed by atoms with Crippen molar-refractivity contribution in [1.29, 1.82) is 0 Å². The molecule has 2 saturated heterocycles. The monoisotopic (exact) mass is 427 g/mol. The first-order valence-electron chi connectivity index (χ1n) is 10.2. The van der Waals surface area contributed by atoms with Crippen LogP contribution in [0.1, 0.15) is 35.1 Å². The van der Waals surface area contributed by atoms with Gasteiger partial charge in [-0.1, -0.05) is 23.7 Å². The summed E-state index contributed by atoms with van der Waals surface area (Å²) >= 11 is 6.28. The van der Waals surface area contributed by atoms with E-state index in [9.17, 15) is 4.79 Å². The first-order valence-corrected chi connectivity index (χ1v) is 10.6. The highest BCUT2D eigenvalue weighted by atomic mass is 35.5. The van der Waals surface area contributed by atoms with Crippen LogP contribution in [-0.2, 0) is 4.74 Å². The minimum Gasteiger partial charge on any atom is -0.440 e. The highest BCUT2D eigenvalue weighted by Crippen LogP contribution is 2.31. The molecular weight excluding hydrogens is 406 g/mol. The summed E-state index contributed by atoms with van der Waals surface area (Å²) in [5, 5.41) is 0.276. The van der Waals surface area contributed by atoms with E-state index in [1.165, 1.54) is 6.20 Å². The molecule has 0 atom stereocenters. The number of para-hydroxylation sites is 2. The number of nitrogens with zero attached hydrogens (tertiary/aromatic N) is 5. The van der Waals surface area contributed by atoms with Gasteiger partial charge in [-0.05, 0) is 25.0 Å². The molecule has 2 aliphatic rings. The summed E-state index contributed by atoms with van der Waals surface area (Å²) in [5.74, 6) is 1.31. The molecule has 0 bridgehead atoms. The van der Waals surface area contributed by atoms with Crippen LogP contribution in [-0.4, -0.2) is 65.2 Å². The van der Waals surface area contributed by atoms with Crippen molar-refractivity contribution in [3.63, 3.8) is 0 Å². The fourth-order valence-corrected chi connectivity index (χ4v) is 4.14. The van der Waals surface area contributed by atoms with Gasteiger partial charge in [0.05, 0.1) is 24.4 Å². The van der Waals surface area contributed by atoms with Crippen molar-refractivity contribution in [2.75, 3.05) is 44.3 Å². The Balaban J connectivity index is 1.28. The molecule has 0 saturated carbocycles. The Bertz CT molecular complexity index is 1020. The Morgan fingerprint density at radius 3 is 2.60 bits per heavy atom. The third kappa shape index (κ3) is 3.73. The molecule has 1 amide bonds. The molecule has 156 valence electrons. The summed E-state index contributed by atoms with van der Waals surface area (Å²) in [5.41, 5.74) is 1.93. The van der Waals surface area contributed by atoms with E-state index in [1.54, 1.807) is 4.90 Å². The minimum absolute atomic E-state index is 0.159. The summed E-state index contributed by atoms with van der Waals surface area (Å²) in [6, 6.07) is 7.76. The zero-order valence-electron chi connectivity index (χ0n) is 16.5.